The molecule has 1 aliphatic heterocycles. The average Bonchev–Trinajstić information content (AvgIpc) is 2.35. The molecular weight excluding hydrogens is 225 g/mol. The van der Waals surface area contributed by atoms with Crippen molar-refractivity contribution >= 4 is 5.91 Å². The lowest BCUT2D eigenvalue weighted by molar-refractivity contribution is -0.134. The zero-order chi connectivity index (χ0) is 12.3. The molecule has 1 N–H and O–H groups in total. The number of carbonyl (C=O) groups is 1. The van der Waals surface area contributed by atoms with Crippen LogP contribution in [0.25, 0.3) is 0 Å². The number of nitrogens with zero attached hydrogens (tertiary/aromatic N) is 1. The van der Waals surface area contributed by atoms with Crippen LogP contribution in [0.4, 0.5) is 4.39 Å². The summed E-state index contributed by atoms with van der Waals surface area (Å²) in [5, 5.41) is 9.25. The van der Waals surface area contributed by atoms with Crippen LogP contribution in [0.5, 0.6) is 5.75 Å². The fourth-order valence-electron chi connectivity index (χ4n) is 1.78. The Hall–Kier alpha value is -1.62. The van der Waals surface area contributed by atoms with E-state index in [-0.39, 0.29) is 23.6 Å². The molecule has 1 heterocycles. The second-order valence-corrected chi connectivity index (χ2v) is 3.95. The van der Waals surface area contributed by atoms with Gasteiger partial charge in [0.2, 0.25) is 5.91 Å². The van der Waals surface area contributed by atoms with Gasteiger partial charge in [-0.2, -0.15) is 0 Å². The van der Waals surface area contributed by atoms with Gasteiger partial charge in [0.05, 0.1) is 19.6 Å². The van der Waals surface area contributed by atoms with E-state index in [9.17, 15) is 14.3 Å². The number of halogens is 1. The minimum absolute atomic E-state index is 0.0275. The number of morpholine rings is 1. The largest absolute Gasteiger partial charge is 0.508 e. The fraction of sp³-hybridized carbons (Fsp3) is 0.417. The number of aromatic hydroxyl groups is 1. The first kappa shape index (κ1) is 11.9. The Morgan fingerprint density at radius 1 is 1.41 bits per heavy atom. The van der Waals surface area contributed by atoms with Crippen molar-refractivity contribution in [3.05, 3.63) is 29.6 Å². The standard InChI is InChI=1S/C12H14FNO3/c13-11-2-1-10(15)7-9(11)8-12(16)14-3-5-17-6-4-14/h1-2,7,15H,3-6,8H2. The lowest BCUT2D eigenvalue weighted by Gasteiger charge is -2.26. The molecule has 1 aromatic rings. The number of phenolic OH excluding ortho intramolecular Hbond substituents is 1. The van der Waals surface area contributed by atoms with Gasteiger partial charge < -0.3 is 14.7 Å². The lowest BCUT2D eigenvalue weighted by Crippen LogP contribution is -2.41. The molecule has 1 saturated heterocycles. The van der Waals surface area contributed by atoms with Gasteiger partial charge in [0.15, 0.2) is 0 Å². The molecule has 17 heavy (non-hydrogen) atoms. The van der Waals surface area contributed by atoms with E-state index in [4.69, 9.17) is 4.74 Å². The third-order valence-electron chi connectivity index (χ3n) is 2.73. The normalized spacial score (nSPS) is 15.9. The van der Waals surface area contributed by atoms with Crippen molar-refractivity contribution < 1.29 is 19.0 Å². The van der Waals surface area contributed by atoms with Gasteiger partial charge in [-0.15, -0.1) is 0 Å². The summed E-state index contributed by atoms with van der Waals surface area (Å²) in [6, 6.07) is 3.71. The summed E-state index contributed by atoms with van der Waals surface area (Å²) >= 11 is 0. The van der Waals surface area contributed by atoms with Crippen LogP contribution >= 0.6 is 0 Å². The highest BCUT2D eigenvalue weighted by atomic mass is 19.1. The first-order valence-corrected chi connectivity index (χ1v) is 5.50. The van der Waals surface area contributed by atoms with Crippen LogP contribution < -0.4 is 0 Å². The summed E-state index contributed by atoms with van der Waals surface area (Å²) in [5.41, 5.74) is 0.224. The van der Waals surface area contributed by atoms with E-state index >= 15 is 0 Å². The molecular formula is C12H14FNO3. The minimum atomic E-state index is -0.468. The van der Waals surface area contributed by atoms with Gasteiger partial charge in [-0.1, -0.05) is 0 Å². The summed E-state index contributed by atoms with van der Waals surface area (Å²) in [6.07, 6.45) is -0.0275. The topological polar surface area (TPSA) is 49.8 Å². The fourth-order valence-corrected chi connectivity index (χ4v) is 1.78. The van der Waals surface area contributed by atoms with Gasteiger partial charge in [-0.25, -0.2) is 4.39 Å². The van der Waals surface area contributed by atoms with E-state index in [1.807, 2.05) is 0 Å². The molecule has 0 aliphatic carbocycles. The Morgan fingerprint density at radius 2 is 2.12 bits per heavy atom. The SMILES string of the molecule is O=C(Cc1cc(O)ccc1F)N1CCOCC1. The van der Waals surface area contributed by atoms with Crippen molar-refractivity contribution in [3.63, 3.8) is 0 Å². The highest BCUT2D eigenvalue weighted by molar-refractivity contribution is 5.79. The summed E-state index contributed by atoms with van der Waals surface area (Å²) in [6.45, 7) is 2.13. The predicted octanol–water partition coefficient (Wildman–Crippen LogP) is 0.933. The van der Waals surface area contributed by atoms with Gasteiger partial charge in [-0.05, 0) is 18.2 Å². The van der Waals surface area contributed by atoms with Crippen LogP contribution in [0.1, 0.15) is 5.56 Å². The summed E-state index contributed by atoms with van der Waals surface area (Å²) in [5.74, 6) is -0.640. The highest BCUT2D eigenvalue weighted by Crippen LogP contribution is 2.16. The maximum absolute atomic E-state index is 13.4. The van der Waals surface area contributed by atoms with Crippen LogP contribution in [0.2, 0.25) is 0 Å². The van der Waals surface area contributed by atoms with E-state index in [0.29, 0.717) is 26.3 Å². The average molecular weight is 239 g/mol. The van der Waals surface area contributed by atoms with Crippen molar-refractivity contribution in [2.24, 2.45) is 0 Å². The Labute approximate surface area is 98.6 Å². The molecule has 5 heteroatoms. The molecule has 0 atom stereocenters. The molecule has 0 radical (unpaired) electrons. The van der Waals surface area contributed by atoms with E-state index < -0.39 is 5.82 Å². The number of carbonyl (C=O) groups excluding carboxylic acids is 1. The van der Waals surface area contributed by atoms with Gasteiger partial charge in [0, 0.05) is 18.7 Å². The van der Waals surface area contributed by atoms with E-state index in [0.717, 1.165) is 6.07 Å². The number of rotatable bonds is 2. The number of hydrogen-bond acceptors (Lipinski definition) is 3. The van der Waals surface area contributed by atoms with Gasteiger partial charge in [0.1, 0.15) is 11.6 Å². The number of hydrogen-bond donors (Lipinski definition) is 1. The van der Waals surface area contributed by atoms with Crippen LogP contribution in [0, 0.1) is 5.82 Å². The number of ether oxygens (including phenoxy) is 1. The molecule has 0 saturated carbocycles. The molecule has 1 amide bonds. The van der Waals surface area contributed by atoms with Crippen LogP contribution in [-0.4, -0.2) is 42.2 Å². The maximum atomic E-state index is 13.4. The zero-order valence-electron chi connectivity index (χ0n) is 9.36. The molecule has 4 nitrogen and oxygen atoms in total. The predicted molar refractivity (Wildman–Crippen MR) is 59.2 cm³/mol. The Morgan fingerprint density at radius 3 is 2.82 bits per heavy atom. The number of phenols is 1. The molecule has 0 unspecified atom stereocenters. The van der Waals surface area contributed by atoms with Crippen molar-refractivity contribution in [1.82, 2.24) is 4.90 Å². The third-order valence-corrected chi connectivity index (χ3v) is 2.73. The van der Waals surface area contributed by atoms with Gasteiger partial charge >= 0.3 is 0 Å². The van der Waals surface area contributed by atoms with Gasteiger partial charge in [-0.3, -0.25) is 4.79 Å². The molecule has 2 rings (SSSR count). The van der Waals surface area contributed by atoms with Crippen molar-refractivity contribution in [1.29, 1.82) is 0 Å². The van der Waals surface area contributed by atoms with Gasteiger partial charge in [0.25, 0.3) is 0 Å². The Kier molecular flexibility index (Phi) is 3.58. The van der Waals surface area contributed by atoms with Crippen molar-refractivity contribution in [2.75, 3.05) is 26.3 Å². The molecule has 0 bridgehead atoms. The summed E-state index contributed by atoms with van der Waals surface area (Å²) < 4.78 is 18.5. The monoisotopic (exact) mass is 239 g/mol. The zero-order valence-corrected chi connectivity index (χ0v) is 9.36. The minimum Gasteiger partial charge on any atom is -0.508 e. The molecule has 1 aromatic carbocycles. The van der Waals surface area contributed by atoms with Crippen LogP contribution in [0.15, 0.2) is 18.2 Å². The number of benzene rings is 1. The summed E-state index contributed by atoms with van der Waals surface area (Å²) in [4.78, 5) is 13.5. The highest BCUT2D eigenvalue weighted by Gasteiger charge is 2.18. The van der Waals surface area contributed by atoms with Crippen LogP contribution in [0.3, 0.4) is 0 Å². The third kappa shape index (κ3) is 2.94. The number of amides is 1. The first-order chi connectivity index (χ1) is 8.16. The van der Waals surface area contributed by atoms with Crippen LogP contribution in [-0.2, 0) is 16.0 Å². The summed E-state index contributed by atoms with van der Waals surface area (Å²) in [7, 11) is 0. The molecule has 0 spiro atoms. The Balaban J connectivity index is 2.04. The smallest absolute Gasteiger partial charge is 0.227 e. The van der Waals surface area contributed by atoms with E-state index in [2.05, 4.69) is 0 Å². The van der Waals surface area contributed by atoms with E-state index in [1.54, 1.807) is 4.90 Å². The second-order valence-electron chi connectivity index (χ2n) is 3.95. The second kappa shape index (κ2) is 5.14. The quantitative estimate of drug-likeness (QED) is 0.835. The van der Waals surface area contributed by atoms with E-state index in [1.165, 1.54) is 12.1 Å². The molecule has 1 aliphatic rings. The first-order valence-electron chi connectivity index (χ1n) is 5.50. The molecule has 1 fully saturated rings. The van der Waals surface area contributed by atoms with Crippen molar-refractivity contribution in [3.8, 4) is 5.75 Å². The maximum Gasteiger partial charge on any atom is 0.227 e. The van der Waals surface area contributed by atoms with Crippen molar-refractivity contribution in [2.45, 2.75) is 6.42 Å². The molecule has 0 aromatic heterocycles. The lowest BCUT2D eigenvalue weighted by atomic mass is 10.1. The molecule has 92 valence electrons. The Bertz CT molecular complexity index is 416.